The van der Waals surface area contributed by atoms with Crippen LogP contribution in [0.2, 0.25) is 0 Å². The van der Waals surface area contributed by atoms with Crippen LogP contribution in [0.5, 0.6) is 0 Å². The lowest BCUT2D eigenvalue weighted by molar-refractivity contribution is 0.675. The minimum Gasteiger partial charge on any atom is -0.252 e. The molecule has 0 amide bonds. The van der Waals surface area contributed by atoms with E-state index in [9.17, 15) is 0 Å². The van der Waals surface area contributed by atoms with Crippen LogP contribution in [0.4, 0.5) is 0 Å². The second-order valence-electron chi connectivity index (χ2n) is 2.01. The van der Waals surface area contributed by atoms with Gasteiger partial charge in [0.1, 0.15) is 0 Å². The number of aromatic nitrogens is 3. The highest BCUT2D eigenvalue weighted by Gasteiger charge is 1.96. The van der Waals surface area contributed by atoms with Crippen LogP contribution in [0.15, 0.2) is 6.20 Å². The standard InChI is InChI=1S/C6H8N4/c1-10-6(3-2-4-7)5-8-9-10/h5H,2-3H2,1H3. The third-order valence-electron chi connectivity index (χ3n) is 1.30. The van der Waals surface area contributed by atoms with Crippen molar-refractivity contribution in [2.24, 2.45) is 7.05 Å². The van der Waals surface area contributed by atoms with Gasteiger partial charge in [-0.2, -0.15) is 5.26 Å². The second kappa shape index (κ2) is 2.97. The first-order chi connectivity index (χ1) is 4.84. The highest BCUT2D eigenvalue weighted by Crippen LogP contribution is 1.96. The van der Waals surface area contributed by atoms with Crippen LogP contribution < -0.4 is 0 Å². The molecular weight excluding hydrogens is 128 g/mol. The van der Waals surface area contributed by atoms with Crippen molar-refractivity contribution < 1.29 is 0 Å². The molecule has 1 aromatic heterocycles. The molecule has 4 nitrogen and oxygen atoms in total. The molecule has 0 saturated heterocycles. The molecule has 10 heavy (non-hydrogen) atoms. The molecule has 0 N–H and O–H groups in total. The van der Waals surface area contributed by atoms with E-state index < -0.39 is 0 Å². The highest BCUT2D eigenvalue weighted by atomic mass is 15.4. The summed E-state index contributed by atoms with van der Waals surface area (Å²) in [6.45, 7) is 0. The maximum Gasteiger partial charge on any atom is 0.0725 e. The van der Waals surface area contributed by atoms with Gasteiger partial charge in [-0.25, -0.2) is 0 Å². The van der Waals surface area contributed by atoms with Crippen LogP contribution >= 0.6 is 0 Å². The molecule has 0 unspecified atom stereocenters. The number of aryl methyl sites for hydroxylation is 2. The molecule has 0 atom stereocenters. The molecule has 0 aliphatic heterocycles. The van der Waals surface area contributed by atoms with Gasteiger partial charge in [0, 0.05) is 19.9 Å². The Bertz CT molecular complexity index is 244. The van der Waals surface area contributed by atoms with Gasteiger partial charge in [-0.05, 0) is 0 Å². The van der Waals surface area contributed by atoms with Crippen molar-refractivity contribution in [2.75, 3.05) is 0 Å². The SMILES string of the molecule is Cn1nncc1CCC#N. The molecule has 1 rings (SSSR count). The third kappa shape index (κ3) is 1.32. The van der Waals surface area contributed by atoms with Crippen LogP contribution in [0.1, 0.15) is 12.1 Å². The van der Waals surface area contributed by atoms with Gasteiger partial charge < -0.3 is 0 Å². The molecule has 0 aliphatic carbocycles. The van der Waals surface area contributed by atoms with Crippen molar-refractivity contribution in [3.8, 4) is 6.07 Å². The first-order valence-electron chi connectivity index (χ1n) is 3.05. The van der Waals surface area contributed by atoms with Gasteiger partial charge in [-0.3, -0.25) is 4.68 Å². The summed E-state index contributed by atoms with van der Waals surface area (Å²) in [7, 11) is 1.82. The summed E-state index contributed by atoms with van der Waals surface area (Å²) in [5.41, 5.74) is 1.00. The maximum absolute atomic E-state index is 8.26. The monoisotopic (exact) mass is 136 g/mol. The molecule has 52 valence electrons. The normalized spacial score (nSPS) is 9.20. The first-order valence-corrected chi connectivity index (χ1v) is 3.05. The highest BCUT2D eigenvalue weighted by molar-refractivity contribution is 4.95. The van der Waals surface area contributed by atoms with E-state index in [-0.39, 0.29) is 0 Å². The Morgan fingerprint density at radius 1 is 1.80 bits per heavy atom. The van der Waals surface area contributed by atoms with Crippen LogP contribution in [0.3, 0.4) is 0 Å². The van der Waals surface area contributed by atoms with Crippen LogP contribution in [0.25, 0.3) is 0 Å². The Balaban J connectivity index is 2.59. The molecule has 0 fully saturated rings. The predicted molar refractivity (Wildman–Crippen MR) is 34.9 cm³/mol. The van der Waals surface area contributed by atoms with Crippen molar-refractivity contribution in [3.63, 3.8) is 0 Å². The van der Waals surface area contributed by atoms with E-state index in [1.807, 2.05) is 7.05 Å². The minimum absolute atomic E-state index is 0.529. The quantitative estimate of drug-likeness (QED) is 0.586. The summed E-state index contributed by atoms with van der Waals surface area (Å²) in [4.78, 5) is 0. The molecule has 0 radical (unpaired) electrons. The Labute approximate surface area is 59.1 Å². The Kier molecular flexibility index (Phi) is 2.00. The molecule has 4 heteroatoms. The lowest BCUT2D eigenvalue weighted by Crippen LogP contribution is -1.97. The topological polar surface area (TPSA) is 54.5 Å². The van der Waals surface area contributed by atoms with E-state index in [0.29, 0.717) is 6.42 Å². The summed E-state index contributed by atoms with van der Waals surface area (Å²) in [5, 5.41) is 15.7. The Hall–Kier alpha value is -1.37. The summed E-state index contributed by atoms with van der Waals surface area (Å²) in [6, 6.07) is 2.06. The largest absolute Gasteiger partial charge is 0.252 e. The van der Waals surface area contributed by atoms with Crippen molar-refractivity contribution in [3.05, 3.63) is 11.9 Å². The summed E-state index contributed by atoms with van der Waals surface area (Å²) in [6.07, 6.45) is 2.94. The first kappa shape index (κ1) is 6.75. The smallest absolute Gasteiger partial charge is 0.0725 e. The van der Waals surface area contributed by atoms with Crippen LogP contribution in [0, 0.1) is 11.3 Å². The Morgan fingerprint density at radius 3 is 3.10 bits per heavy atom. The van der Waals surface area contributed by atoms with E-state index in [4.69, 9.17) is 5.26 Å². The summed E-state index contributed by atoms with van der Waals surface area (Å²) >= 11 is 0. The fraction of sp³-hybridized carbons (Fsp3) is 0.500. The lowest BCUT2D eigenvalue weighted by Gasteiger charge is -1.92. The molecule has 0 aliphatic rings. The van der Waals surface area contributed by atoms with Crippen molar-refractivity contribution in [1.29, 1.82) is 5.26 Å². The lowest BCUT2D eigenvalue weighted by atomic mass is 10.3. The molecule has 0 spiro atoms. The number of hydrogen-bond acceptors (Lipinski definition) is 3. The maximum atomic E-state index is 8.26. The van der Waals surface area contributed by atoms with Crippen molar-refractivity contribution in [1.82, 2.24) is 15.0 Å². The summed E-state index contributed by atoms with van der Waals surface area (Å²) < 4.78 is 1.68. The van der Waals surface area contributed by atoms with Gasteiger partial charge in [-0.15, -0.1) is 5.10 Å². The molecular formula is C6H8N4. The zero-order valence-electron chi connectivity index (χ0n) is 5.78. The van der Waals surface area contributed by atoms with Gasteiger partial charge in [-0.1, -0.05) is 5.21 Å². The number of rotatable bonds is 2. The van der Waals surface area contributed by atoms with E-state index >= 15 is 0 Å². The van der Waals surface area contributed by atoms with Crippen LogP contribution in [-0.2, 0) is 13.5 Å². The van der Waals surface area contributed by atoms with E-state index in [2.05, 4.69) is 16.4 Å². The molecule has 0 bridgehead atoms. The predicted octanol–water partition coefficient (Wildman–Crippen LogP) is 0.271. The molecule has 0 aromatic carbocycles. The van der Waals surface area contributed by atoms with Gasteiger partial charge in [0.25, 0.3) is 0 Å². The number of hydrogen-bond donors (Lipinski definition) is 0. The summed E-state index contributed by atoms with van der Waals surface area (Å²) in [5.74, 6) is 0. The van der Waals surface area contributed by atoms with E-state index in [0.717, 1.165) is 12.1 Å². The zero-order valence-corrected chi connectivity index (χ0v) is 5.78. The van der Waals surface area contributed by atoms with E-state index in [1.54, 1.807) is 10.9 Å². The number of nitrogens with zero attached hydrogens (tertiary/aromatic N) is 4. The van der Waals surface area contributed by atoms with E-state index in [1.165, 1.54) is 0 Å². The minimum atomic E-state index is 0.529. The average Bonchev–Trinajstić information content (AvgIpc) is 2.31. The van der Waals surface area contributed by atoms with Gasteiger partial charge >= 0.3 is 0 Å². The fourth-order valence-electron chi connectivity index (χ4n) is 0.721. The van der Waals surface area contributed by atoms with Gasteiger partial charge in [0.15, 0.2) is 0 Å². The van der Waals surface area contributed by atoms with Crippen LogP contribution in [-0.4, -0.2) is 15.0 Å². The third-order valence-corrected chi connectivity index (χ3v) is 1.30. The molecule has 0 saturated carbocycles. The second-order valence-corrected chi connectivity index (χ2v) is 2.01. The van der Waals surface area contributed by atoms with Crippen molar-refractivity contribution in [2.45, 2.75) is 12.8 Å². The fourth-order valence-corrected chi connectivity index (χ4v) is 0.721. The van der Waals surface area contributed by atoms with Crippen molar-refractivity contribution >= 4 is 0 Å². The van der Waals surface area contributed by atoms with Gasteiger partial charge in [0.05, 0.1) is 18.0 Å². The molecule has 1 aromatic rings. The molecule has 1 heterocycles. The van der Waals surface area contributed by atoms with Gasteiger partial charge in [0.2, 0.25) is 0 Å². The average molecular weight is 136 g/mol. The zero-order chi connectivity index (χ0) is 7.40. The number of nitriles is 1. The Morgan fingerprint density at radius 2 is 2.60 bits per heavy atom.